The van der Waals surface area contributed by atoms with Crippen LogP contribution in [0.15, 0.2) is 18.2 Å². The summed E-state index contributed by atoms with van der Waals surface area (Å²) in [7, 11) is 0. The molecule has 118 valence electrons. The number of nitrogens with zero attached hydrogens (tertiary/aromatic N) is 1. The standard InChI is InChI=1S/C17H22N2O3/c20-9-8-19(15-6-7-15)16(21)11-18-17(22)14-5-4-12-2-1-3-13(12)10-14/h4-5,10,15,20H,1-3,6-9,11H2,(H,18,22). The number of fused-ring (bicyclic) bond motifs is 1. The van der Waals surface area contributed by atoms with Crippen LogP contribution in [0.3, 0.4) is 0 Å². The smallest absolute Gasteiger partial charge is 0.251 e. The zero-order chi connectivity index (χ0) is 15.5. The summed E-state index contributed by atoms with van der Waals surface area (Å²) in [5.41, 5.74) is 3.20. The number of carbonyl (C=O) groups excluding carboxylic acids is 2. The molecule has 2 aliphatic rings. The van der Waals surface area contributed by atoms with Crippen molar-refractivity contribution >= 4 is 11.8 Å². The number of hydrogen-bond donors (Lipinski definition) is 2. The minimum absolute atomic E-state index is 0.00752. The van der Waals surface area contributed by atoms with Gasteiger partial charge in [-0.2, -0.15) is 0 Å². The van der Waals surface area contributed by atoms with E-state index in [9.17, 15) is 9.59 Å². The minimum Gasteiger partial charge on any atom is -0.395 e. The molecule has 1 aromatic rings. The molecule has 0 aliphatic heterocycles. The van der Waals surface area contributed by atoms with E-state index in [-0.39, 0.29) is 31.0 Å². The lowest BCUT2D eigenvalue weighted by Crippen LogP contribution is -2.42. The fourth-order valence-corrected chi connectivity index (χ4v) is 3.08. The number of aliphatic hydroxyl groups is 1. The summed E-state index contributed by atoms with van der Waals surface area (Å²) in [5, 5.41) is 11.7. The molecule has 5 heteroatoms. The van der Waals surface area contributed by atoms with E-state index in [1.807, 2.05) is 18.2 Å². The summed E-state index contributed by atoms with van der Waals surface area (Å²) in [6, 6.07) is 6.03. The van der Waals surface area contributed by atoms with Gasteiger partial charge in [-0.1, -0.05) is 6.07 Å². The third-order valence-corrected chi connectivity index (χ3v) is 4.41. The summed E-state index contributed by atoms with van der Waals surface area (Å²) in [6.45, 7) is 0.297. The topological polar surface area (TPSA) is 69.6 Å². The number of benzene rings is 1. The molecule has 2 aliphatic carbocycles. The van der Waals surface area contributed by atoms with Gasteiger partial charge in [-0.15, -0.1) is 0 Å². The second kappa shape index (κ2) is 6.48. The van der Waals surface area contributed by atoms with Crippen molar-refractivity contribution < 1.29 is 14.7 Å². The quantitative estimate of drug-likeness (QED) is 0.820. The van der Waals surface area contributed by atoms with Crippen LogP contribution in [0.4, 0.5) is 0 Å². The molecule has 0 spiro atoms. The molecule has 2 amide bonds. The normalized spacial score (nSPS) is 16.2. The fraction of sp³-hybridized carbons (Fsp3) is 0.529. The maximum Gasteiger partial charge on any atom is 0.251 e. The Morgan fingerprint density at radius 3 is 2.73 bits per heavy atom. The zero-order valence-corrected chi connectivity index (χ0v) is 12.7. The lowest BCUT2D eigenvalue weighted by Gasteiger charge is -2.21. The van der Waals surface area contributed by atoms with Crippen LogP contribution < -0.4 is 5.32 Å². The van der Waals surface area contributed by atoms with Crippen molar-refractivity contribution in [2.75, 3.05) is 19.7 Å². The molecule has 0 aromatic heterocycles. The number of nitrogens with one attached hydrogen (secondary N) is 1. The predicted octanol–water partition coefficient (Wildman–Crippen LogP) is 0.888. The molecule has 0 saturated heterocycles. The lowest BCUT2D eigenvalue weighted by atomic mass is 10.1. The van der Waals surface area contributed by atoms with Gasteiger partial charge in [0.1, 0.15) is 0 Å². The van der Waals surface area contributed by atoms with E-state index in [2.05, 4.69) is 5.32 Å². The largest absolute Gasteiger partial charge is 0.395 e. The Morgan fingerprint density at radius 2 is 2.00 bits per heavy atom. The van der Waals surface area contributed by atoms with Gasteiger partial charge in [0, 0.05) is 18.2 Å². The van der Waals surface area contributed by atoms with Crippen molar-refractivity contribution in [2.24, 2.45) is 0 Å². The highest BCUT2D eigenvalue weighted by atomic mass is 16.3. The van der Waals surface area contributed by atoms with Gasteiger partial charge >= 0.3 is 0 Å². The molecule has 1 fully saturated rings. The Bertz CT molecular complexity index is 581. The number of rotatable bonds is 6. The van der Waals surface area contributed by atoms with E-state index in [1.165, 1.54) is 11.1 Å². The van der Waals surface area contributed by atoms with E-state index in [1.54, 1.807) is 4.90 Å². The number of amides is 2. The monoisotopic (exact) mass is 302 g/mol. The molecule has 0 heterocycles. The van der Waals surface area contributed by atoms with Crippen molar-refractivity contribution in [1.82, 2.24) is 10.2 Å². The van der Waals surface area contributed by atoms with E-state index < -0.39 is 0 Å². The second-order valence-corrected chi connectivity index (χ2v) is 6.06. The van der Waals surface area contributed by atoms with Crippen LogP contribution in [0.1, 0.15) is 40.7 Å². The Kier molecular flexibility index (Phi) is 4.43. The van der Waals surface area contributed by atoms with Crippen molar-refractivity contribution in [3.8, 4) is 0 Å². The number of hydrogen-bond acceptors (Lipinski definition) is 3. The highest BCUT2D eigenvalue weighted by Gasteiger charge is 2.32. The first kappa shape index (κ1) is 15.0. The van der Waals surface area contributed by atoms with Gasteiger partial charge < -0.3 is 15.3 Å². The predicted molar refractivity (Wildman–Crippen MR) is 82.6 cm³/mol. The minimum atomic E-state index is -0.206. The molecular formula is C17H22N2O3. The van der Waals surface area contributed by atoms with Crippen LogP contribution in [-0.4, -0.2) is 47.6 Å². The second-order valence-electron chi connectivity index (χ2n) is 6.06. The molecule has 0 unspecified atom stereocenters. The van der Waals surface area contributed by atoms with Gasteiger partial charge in [-0.3, -0.25) is 9.59 Å². The Morgan fingerprint density at radius 1 is 1.23 bits per heavy atom. The van der Waals surface area contributed by atoms with Crippen LogP contribution in [0, 0.1) is 0 Å². The Labute approximate surface area is 130 Å². The molecule has 0 radical (unpaired) electrons. The molecule has 0 bridgehead atoms. The fourth-order valence-electron chi connectivity index (χ4n) is 3.08. The average Bonchev–Trinajstić information content (AvgIpc) is 3.26. The summed E-state index contributed by atoms with van der Waals surface area (Å²) >= 11 is 0. The first-order valence-corrected chi connectivity index (χ1v) is 7.99. The van der Waals surface area contributed by atoms with Crippen LogP contribution in [0.2, 0.25) is 0 Å². The van der Waals surface area contributed by atoms with Gasteiger partial charge in [0.25, 0.3) is 5.91 Å². The van der Waals surface area contributed by atoms with Gasteiger partial charge in [0.15, 0.2) is 0 Å². The van der Waals surface area contributed by atoms with Gasteiger partial charge in [-0.25, -0.2) is 0 Å². The van der Waals surface area contributed by atoms with E-state index >= 15 is 0 Å². The molecule has 1 aromatic carbocycles. The van der Waals surface area contributed by atoms with Crippen LogP contribution in [-0.2, 0) is 17.6 Å². The van der Waals surface area contributed by atoms with Gasteiger partial charge in [-0.05, 0) is 55.4 Å². The molecule has 5 nitrogen and oxygen atoms in total. The Hall–Kier alpha value is -1.88. The molecule has 2 N–H and O–H groups in total. The van der Waals surface area contributed by atoms with E-state index in [4.69, 9.17) is 5.11 Å². The molecule has 0 atom stereocenters. The lowest BCUT2D eigenvalue weighted by molar-refractivity contribution is -0.131. The number of carbonyl (C=O) groups is 2. The van der Waals surface area contributed by atoms with Crippen LogP contribution in [0.5, 0.6) is 0 Å². The molecule has 22 heavy (non-hydrogen) atoms. The summed E-state index contributed by atoms with van der Waals surface area (Å²) in [5.74, 6) is -0.325. The zero-order valence-electron chi connectivity index (χ0n) is 12.7. The van der Waals surface area contributed by atoms with Crippen LogP contribution >= 0.6 is 0 Å². The summed E-state index contributed by atoms with van der Waals surface area (Å²) < 4.78 is 0. The highest BCUT2D eigenvalue weighted by molar-refractivity contribution is 5.96. The highest BCUT2D eigenvalue weighted by Crippen LogP contribution is 2.26. The van der Waals surface area contributed by atoms with Crippen LogP contribution in [0.25, 0.3) is 0 Å². The maximum atomic E-state index is 12.2. The number of aryl methyl sites for hydroxylation is 2. The van der Waals surface area contributed by atoms with Crippen molar-refractivity contribution in [3.05, 3.63) is 34.9 Å². The Balaban J connectivity index is 1.56. The maximum absolute atomic E-state index is 12.2. The molecule has 3 rings (SSSR count). The number of aliphatic hydroxyl groups excluding tert-OH is 1. The molecular weight excluding hydrogens is 280 g/mol. The third kappa shape index (κ3) is 3.30. The van der Waals surface area contributed by atoms with Gasteiger partial charge in [0.2, 0.25) is 5.91 Å². The average molecular weight is 302 g/mol. The van der Waals surface area contributed by atoms with E-state index in [0.717, 1.165) is 32.1 Å². The summed E-state index contributed by atoms with van der Waals surface area (Å²) in [4.78, 5) is 26.0. The SMILES string of the molecule is O=C(NCC(=O)N(CCO)C1CC1)c1ccc2c(c1)CCC2. The van der Waals surface area contributed by atoms with E-state index in [0.29, 0.717) is 12.1 Å². The first-order valence-electron chi connectivity index (χ1n) is 7.99. The third-order valence-electron chi connectivity index (χ3n) is 4.41. The van der Waals surface area contributed by atoms with Crippen molar-refractivity contribution in [2.45, 2.75) is 38.1 Å². The van der Waals surface area contributed by atoms with Crippen molar-refractivity contribution in [1.29, 1.82) is 0 Å². The van der Waals surface area contributed by atoms with Gasteiger partial charge in [0.05, 0.1) is 13.2 Å². The summed E-state index contributed by atoms with van der Waals surface area (Å²) in [6.07, 6.45) is 5.25. The molecule has 1 saturated carbocycles. The van der Waals surface area contributed by atoms with Crippen molar-refractivity contribution in [3.63, 3.8) is 0 Å². The first-order chi connectivity index (χ1) is 10.7.